The third kappa shape index (κ3) is 4.37. The van der Waals surface area contributed by atoms with Crippen molar-refractivity contribution in [2.75, 3.05) is 19.7 Å². The van der Waals surface area contributed by atoms with E-state index in [9.17, 15) is 13.2 Å². The molecule has 0 bridgehead atoms. The van der Waals surface area contributed by atoms with Gasteiger partial charge in [-0.05, 0) is 18.1 Å². The van der Waals surface area contributed by atoms with Crippen molar-refractivity contribution in [2.24, 2.45) is 5.92 Å². The molecule has 1 aliphatic rings. The van der Waals surface area contributed by atoms with Crippen molar-refractivity contribution in [3.8, 4) is 0 Å². The molecule has 21 heavy (non-hydrogen) atoms. The van der Waals surface area contributed by atoms with E-state index < -0.39 is 11.7 Å². The first-order valence-electron chi connectivity index (χ1n) is 7.05. The molecule has 1 fully saturated rings. The van der Waals surface area contributed by atoms with Crippen molar-refractivity contribution >= 4 is 11.8 Å². The number of morpholine rings is 1. The summed E-state index contributed by atoms with van der Waals surface area (Å²) in [5.74, 6) is 0.223. The molecular formula is C15H20F3NOS. The van der Waals surface area contributed by atoms with Crippen molar-refractivity contribution in [1.29, 1.82) is 0 Å². The van der Waals surface area contributed by atoms with Crippen LogP contribution in [0.25, 0.3) is 0 Å². The zero-order chi connectivity index (χ0) is 15.5. The summed E-state index contributed by atoms with van der Waals surface area (Å²) in [7, 11) is 0. The van der Waals surface area contributed by atoms with E-state index in [0.29, 0.717) is 13.2 Å². The van der Waals surface area contributed by atoms with Crippen LogP contribution in [-0.4, -0.2) is 31.1 Å². The van der Waals surface area contributed by atoms with Crippen LogP contribution in [0.5, 0.6) is 0 Å². The highest BCUT2D eigenvalue weighted by atomic mass is 32.2. The molecule has 1 aliphatic heterocycles. The lowest BCUT2D eigenvalue weighted by atomic mass is 10.0. The second-order valence-electron chi connectivity index (χ2n) is 5.43. The Bertz CT molecular complexity index is 458. The average Bonchev–Trinajstić information content (AvgIpc) is 2.44. The van der Waals surface area contributed by atoms with Gasteiger partial charge in [-0.15, -0.1) is 11.8 Å². The van der Waals surface area contributed by atoms with Crippen LogP contribution in [-0.2, 0) is 10.9 Å². The van der Waals surface area contributed by atoms with Gasteiger partial charge in [0.25, 0.3) is 0 Å². The van der Waals surface area contributed by atoms with Crippen LogP contribution in [0, 0.1) is 5.92 Å². The molecule has 2 atom stereocenters. The van der Waals surface area contributed by atoms with Gasteiger partial charge in [0.15, 0.2) is 0 Å². The van der Waals surface area contributed by atoms with E-state index in [0.717, 1.165) is 12.6 Å². The van der Waals surface area contributed by atoms with Crippen LogP contribution < -0.4 is 5.32 Å². The molecule has 2 rings (SSSR count). The van der Waals surface area contributed by atoms with Crippen LogP contribution in [0.2, 0.25) is 0 Å². The van der Waals surface area contributed by atoms with Gasteiger partial charge in [-0.1, -0.05) is 26.0 Å². The largest absolute Gasteiger partial charge is 0.417 e. The molecule has 2 unspecified atom stereocenters. The lowest BCUT2D eigenvalue weighted by Crippen LogP contribution is -2.45. The Morgan fingerprint density at radius 2 is 2.00 bits per heavy atom. The van der Waals surface area contributed by atoms with E-state index in [-0.39, 0.29) is 22.2 Å². The molecule has 0 saturated carbocycles. The Kier molecular flexibility index (Phi) is 5.57. The Balaban J connectivity index is 2.21. The summed E-state index contributed by atoms with van der Waals surface area (Å²) in [4.78, 5) is 0.276. The molecule has 2 nitrogen and oxygen atoms in total. The molecule has 1 N–H and O–H groups in total. The number of rotatable bonds is 4. The van der Waals surface area contributed by atoms with Gasteiger partial charge in [-0.3, -0.25) is 0 Å². The highest BCUT2D eigenvalue weighted by molar-refractivity contribution is 8.00. The molecule has 6 heteroatoms. The Labute approximate surface area is 127 Å². The maximum atomic E-state index is 13.1. The third-order valence-corrected chi connectivity index (χ3v) is 5.17. The van der Waals surface area contributed by atoms with E-state index in [1.165, 1.54) is 17.8 Å². The predicted molar refractivity (Wildman–Crippen MR) is 78.5 cm³/mol. The van der Waals surface area contributed by atoms with E-state index >= 15 is 0 Å². The minimum Gasteiger partial charge on any atom is -0.374 e. The summed E-state index contributed by atoms with van der Waals surface area (Å²) < 4.78 is 45.0. The van der Waals surface area contributed by atoms with Gasteiger partial charge >= 0.3 is 6.18 Å². The van der Waals surface area contributed by atoms with E-state index in [1.807, 2.05) is 13.8 Å². The predicted octanol–water partition coefficient (Wildman–Crippen LogP) is 3.81. The van der Waals surface area contributed by atoms with Crippen molar-refractivity contribution in [3.05, 3.63) is 29.8 Å². The number of halogens is 3. The third-order valence-electron chi connectivity index (χ3n) is 3.44. The second kappa shape index (κ2) is 7.03. The zero-order valence-corrected chi connectivity index (χ0v) is 12.9. The number of hydrogen-bond acceptors (Lipinski definition) is 3. The summed E-state index contributed by atoms with van der Waals surface area (Å²) >= 11 is 1.27. The number of thioether (sulfide) groups is 1. The van der Waals surface area contributed by atoms with Gasteiger partial charge in [0.1, 0.15) is 0 Å². The van der Waals surface area contributed by atoms with Crippen LogP contribution in [0.3, 0.4) is 0 Å². The zero-order valence-electron chi connectivity index (χ0n) is 12.1. The van der Waals surface area contributed by atoms with Crippen LogP contribution in [0.1, 0.15) is 19.4 Å². The lowest BCUT2D eigenvalue weighted by Gasteiger charge is -2.33. The van der Waals surface area contributed by atoms with Crippen LogP contribution >= 0.6 is 11.8 Å². The number of ether oxygens (including phenoxy) is 1. The Morgan fingerprint density at radius 3 is 2.57 bits per heavy atom. The maximum absolute atomic E-state index is 13.1. The van der Waals surface area contributed by atoms with Crippen molar-refractivity contribution in [1.82, 2.24) is 5.32 Å². The van der Waals surface area contributed by atoms with Gasteiger partial charge < -0.3 is 10.1 Å². The molecule has 0 amide bonds. The second-order valence-corrected chi connectivity index (χ2v) is 6.65. The normalized spacial score (nSPS) is 21.5. The highest BCUT2D eigenvalue weighted by Gasteiger charge is 2.35. The van der Waals surface area contributed by atoms with Gasteiger partial charge in [0.05, 0.1) is 18.3 Å². The van der Waals surface area contributed by atoms with Gasteiger partial charge in [0.2, 0.25) is 0 Å². The molecule has 1 saturated heterocycles. The molecular weight excluding hydrogens is 299 g/mol. The van der Waals surface area contributed by atoms with Crippen molar-refractivity contribution in [3.63, 3.8) is 0 Å². The van der Waals surface area contributed by atoms with E-state index in [1.54, 1.807) is 12.1 Å². The first kappa shape index (κ1) is 16.6. The van der Waals surface area contributed by atoms with Crippen molar-refractivity contribution < 1.29 is 17.9 Å². The fourth-order valence-corrected chi connectivity index (χ4v) is 3.75. The molecule has 0 aliphatic carbocycles. The van der Waals surface area contributed by atoms with Gasteiger partial charge in [-0.25, -0.2) is 0 Å². The minimum absolute atomic E-state index is 0.0127. The number of hydrogen-bond donors (Lipinski definition) is 1. The molecule has 118 valence electrons. The molecule has 1 heterocycles. The topological polar surface area (TPSA) is 21.3 Å². The summed E-state index contributed by atoms with van der Waals surface area (Å²) in [5.41, 5.74) is -0.565. The molecule has 0 aromatic heterocycles. The summed E-state index contributed by atoms with van der Waals surface area (Å²) in [6.45, 7) is 6.13. The Hall–Kier alpha value is -0.720. The fourth-order valence-electron chi connectivity index (χ4n) is 2.39. The van der Waals surface area contributed by atoms with Crippen molar-refractivity contribution in [2.45, 2.75) is 36.3 Å². The van der Waals surface area contributed by atoms with E-state index in [4.69, 9.17) is 4.74 Å². The molecule has 0 radical (unpaired) electrons. The van der Waals surface area contributed by atoms with Crippen LogP contribution in [0.15, 0.2) is 29.2 Å². The van der Waals surface area contributed by atoms with E-state index in [2.05, 4.69) is 5.32 Å². The summed E-state index contributed by atoms with van der Waals surface area (Å²) in [6.07, 6.45) is -4.39. The summed E-state index contributed by atoms with van der Waals surface area (Å²) in [6, 6.07) is 5.75. The first-order valence-corrected chi connectivity index (χ1v) is 7.92. The highest BCUT2D eigenvalue weighted by Crippen LogP contribution is 2.40. The number of nitrogens with one attached hydrogen (secondary N) is 1. The average molecular weight is 319 g/mol. The molecule has 1 aromatic rings. The fraction of sp³-hybridized carbons (Fsp3) is 0.600. The molecule has 0 spiro atoms. The smallest absolute Gasteiger partial charge is 0.374 e. The standard InChI is InChI=1S/C15H20F3NOS/c1-10(2)14(12-9-19-7-8-20-12)21-13-6-4-3-5-11(13)15(16,17)18/h3-6,10,12,14,19H,7-9H2,1-2H3. The van der Waals surface area contributed by atoms with Gasteiger partial charge in [0, 0.05) is 23.2 Å². The Morgan fingerprint density at radius 1 is 1.29 bits per heavy atom. The monoisotopic (exact) mass is 319 g/mol. The SMILES string of the molecule is CC(C)C(Sc1ccccc1C(F)(F)F)C1CNCCO1. The molecule has 1 aromatic carbocycles. The quantitative estimate of drug-likeness (QED) is 0.853. The minimum atomic E-state index is -4.32. The van der Waals surface area contributed by atoms with Gasteiger partial charge in [-0.2, -0.15) is 13.2 Å². The number of benzene rings is 1. The van der Waals surface area contributed by atoms with Crippen LogP contribution in [0.4, 0.5) is 13.2 Å². The first-order chi connectivity index (χ1) is 9.89. The number of alkyl halides is 3. The maximum Gasteiger partial charge on any atom is 0.417 e. The summed E-state index contributed by atoms with van der Waals surface area (Å²) in [5, 5.41) is 3.23. The lowest BCUT2D eigenvalue weighted by molar-refractivity contribution is -0.139.